The van der Waals surface area contributed by atoms with Crippen LogP contribution in [-0.4, -0.2) is 4.98 Å². The molecule has 0 aliphatic heterocycles. The smallest absolute Gasteiger partial charge is 0.138 e. The SMILES string of the molecule is Cc1sc(-c2ccc(F)cc2F)nc1N. The van der Waals surface area contributed by atoms with Crippen LogP contribution >= 0.6 is 11.3 Å². The zero-order valence-electron chi connectivity index (χ0n) is 7.92. The van der Waals surface area contributed by atoms with Crippen LogP contribution in [0.25, 0.3) is 10.6 Å². The second-order valence-corrected chi connectivity index (χ2v) is 4.29. The van der Waals surface area contributed by atoms with E-state index in [-0.39, 0.29) is 5.56 Å². The summed E-state index contributed by atoms with van der Waals surface area (Å²) >= 11 is 1.29. The van der Waals surface area contributed by atoms with Crippen LogP contribution in [0.3, 0.4) is 0 Å². The number of aromatic nitrogens is 1. The number of hydrogen-bond donors (Lipinski definition) is 1. The summed E-state index contributed by atoms with van der Waals surface area (Å²) < 4.78 is 26.0. The van der Waals surface area contributed by atoms with Gasteiger partial charge in [-0.1, -0.05) is 0 Å². The van der Waals surface area contributed by atoms with Gasteiger partial charge in [0.15, 0.2) is 0 Å². The van der Waals surface area contributed by atoms with Crippen molar-refractivity contribution in [2.75, 3.05) is 5.73 Å². The van der Waals surface area contributed by atoms with Crippen molar-refractivity contribution < 1.29 is 8.78 Å². The molecule has 5 heteroatoms. The minimum atomic E-state index is -0.622. The highest BCUT2D eigenvalue weighted by molar-refractivity contribution is 7.15. The molecular weight excluding hydrogens is 218 g/mol. The van der Waals surface area contributed by atoms with Crippen LogP contribution in [0, 0.1) is 18.6 Å². The summed E-state index contributed by atoms with van der Waals surface area (Å²) in [7, 11) is 0. The van der Waals surface area contributed by atoms with E-state index in [2.05, 4.69) is 4.98 Å². The molecule has 0 fully saturated rings. The maximum Gasteiger partial charge on any atom is 0.138 e. The van der Waals surface area contributed by atoms with Crippen LogP contribution in [-0.2, 0) is 0 Å². The third-order valence-corrected chi connectivity index (χ3v) is 3.01. The Morgan fingerprint density at radius 3 is 2.60 bits per heavy atom. The maximum absolute atomic E-state index is 13.4. The number of nitrogens with two attached hydrogens (primary N) is 1. The maximum atomic E-state index is 13.4. The molecule has 0 atom stereocenters. The van der Waals surface area contributed by atoms with E-state index in [1.807, 2.05) is 0 Å². The molecule has 1 aromatic heterocycles. The highest BCUT2D eigenvalue weighted by Crippen LogP contribution is 2.30. The predicted molar refractivity (Wildman–Crippen MR) is 56.6 cm³/mol. The average Bonchev–Trinajstić information content (AvgIpc) is 2.46. The molecule has 0 saturated heterocycles. The van der Waals surface area contributed by atoms with Gasteiger partial charge in [0.25, 0.3) is 0 Å². The summed E-state index contributed by atoms with van der Waals surface area (Å²) in [5, 5.41) is 0.475. The van der Waals surface area contributed by atoms with Crippen LogP contribution in [0.4, 0.5) is 14.6 Å². The van der Waals surface area contributed by atoms with E-state index >= 15 is 0 Å². The number of hydrogen-bond acceptors (Lipinski definition) is 3. The van der Waals surface area contributed by atoms with E-state index in [1.54, 1.807) is 6.92 Å². The number of thiazole rings is 1. The second-order valence-electron chi connectivity index (χ2n) is 3.08. The molecule has 0 saturated carbocycles. The molecule has 0 radical (unpaired) electrons. The fourth-order valence-electron chi connectivity index (χ4n) is 1.19. The molecular formula is C10H8F2N2S. The Hall–Kier alpha value is -1.49. The van der Waals surface area contributed by atoms with Crippen LogP contribution in [0.2, 0.25) is 0 Å². The Morgan fingerprint density at radius 2 is 2.07 bits per heavy atom. The molecule has 78 valence electrons. The van der Waals surface area contributed by atoms with Gasteiger partial charge in [0.2, 0.25) is 0 Å². The van der Waals surface area contributed by atoms with Crippen molar-refractivity contribution >= 4 is 17.2 Å². The van der Waals surface area contributed by atoms with E-state index in [1.165, 1.54) is 23.5 Å². The van der Waals surface area contributed by atoms with Gasteiger partial charge in [-0.15, -0.1) is 11.3 Å². The fourth-order valence-corrected chi connectivity index (χ4v) is 2.05. The van der Waals surface area contributed by atoms with Gasteiger partial charge in [-0.25, -0.2) is 13.8 Å². The molecule has 2 aromatic rings. The quantitative estimate of drug-likeness (QED) is 0.811. The minimum absolute atomic E-state index is 0.279. The van der Waals surface area contributed by atoms with Gasteiger partial charge in [0.05, 0.1) is 0 Å². The number of aryl methyl sites for hydroxylation is 1. The van der Waals surface area contributed by atoms with Crippen molar-refractivity contribution in [3.05, 3.63) is 34.7 Å². The lowest BCUT2D eigenvalue weighted by Crippen LogP contribution is -1.88. The summed E-state index contributed by atoms with van der Waals surface area (Å²) in [6.07, 6.45) is 0. The Balaban J connectivity index is 2.54. The van der Waals surface area contributed by atoms with Crippen LogP contribution in [0.5, 0.6) is 0 Å². The summed E-state index contributed by atoms with van der Waals surface area (Å²) in [6, 6.07) is 3.40. The monoisotopic (exact) mass is 226 g/mol. The third-order valence-electron chi connectivity index (χ3n) is 1.99. The predicted octanol–water partition coefficient (Wildman–Crippen LogP) is 2.98. The van der Waals surface area contributed by atoms with Gasteiger partial charge in [-0.3, -0.25) is 0 Å². The molecule has 1 heterocycles. The lowest BCUT2D eigenvalue weighted by molar-refractivity contribution is 0.585. The molecule has 2 nitrogen and oxygen atoms in total. The second kappa shape index (κ2) is 3.58. The highest BCUT2D eigenvalue weighted by atomic mass is 32.1. The molecule has 0 amide bonds. The number of rotatable bonds is 1. The third kappa shape index (κ3) is 1.83. The van der Waals surface area contributed by atoms with E-state index in [0.717, 1.165) is 10.9 Å². The van der Waals surface area contributed by atoms with E-state index in [4.69, 9.17) is 5.73 Å². The van der Waals surface area contributed by atoms with Crippen molar-refractivity contribution in [3.63, 3.8) is 0 Å². The molecule has 0 aliphatic carbocycles. The first-order valence-corrected chi connectivity index (χ1v) is 5.08. The van der Waals surface area contributed by atoms with Crippen molar-refractivity contribution in [2.24, 2.45) is 0 Å². The summed E-state index contributed by atoms with van der Waals surface area (Å²) in [4.78, 5) is 4.83. The zero-order chi connectivity index (χ0) is 11.0. The molecule has 1 aromatic carbocycles. The Morgan fingerprint density at radius 1 is 1.33 bits per heavy atom. The first-order valence-electron chi connectivity index (χ1n) is 4.26. The molecule has 15 heavy (non-hydrogen) atoms. The number of halogens is 2. The highest BCUT2D eigenvalue weighted by Gasteiger charge is 2.11. The zero-order valence-corrected chi connectivity index (χ0v) is 8.74. The molecule has 2 N–H and O–H groups in total. The molecule has 0 unspecified atom stereocenters. The molecule has 0 spiro atoms. The number of benzene rings is 1. The van der Waals surface area contributed by atoms with Crippen LogP contribution in [0.1, 0.15) is 4.88 Å². The lowest BCUT2D eigenvalue weighted by atomic mass is 10.2. The Labute approximate surface area is 89.4 Å². The van der Waals surface area contributed by atoms with Crippen LogP contribution in [0.15, 0.2) is 18.2 Å². The van der Waals surface area contributed by atoms with E-state index < -0.39 is 11.6 Å². The van der Waals surface area contributed by atoms with Crippen LogP contribution < -0.4 is 5.73 Å². The molecule has 2 rings (SSSR count). The van der Waals surface area contributed by atoms with Crippen molar-refractivity contribution in [1.29, 1.82) is 0 Å². The molecule has 0 aliphatic rings. The minimum Gasteiger partial charge on any atom is -0.383 e. The van der Waals surface area contributed by atoms with Gasteiger partial charge in [0, 0.05) is 16.5 Å². The first kappa shape index (κ1) is 10.0. The van der Waals surface area contributed by atoms with E-state index in [9.17, 15) is 8.78 Å². The van der Waals surface area contributed by atoms with Crippen molar-refractivity contribution in [3.8, 4) is 10.6 Å². The summed E-state index contributed by atoms with van der Waals surface area (Å²) in [5.41, 5.74) is 5.84. The Bertz CT molecular complexity index is 489. The summed E-state index contributed by atoms with van der Waals surface area (Å²) in [5.74, 6) is -0.833. The largest absolute Gasteiger partial charge is 0.383 e. The normalized spacial score (nSPS) is 10.6. The number of anilines is 1. The van der Waals surface area contributed by atoms with Gasteiger partial charge in [-0.05, 0) is 19.1 Å². The van der Waals surface area contributed by atoms with Crippen molar-refractivity contribution in [1.82, 2.24) is 4.98 Å². The standard InChI is InChI=1S/C10H8F2N2S/c1-5-9(13)14-10(15-5)7-3-2-6(11)4-8(7)12/h2-4H,13H2,1H3. The number of nitrogen functional groups attached to an aromatic ring is 1. The topological polar surface area (TPSA) is 38.9 Å². The van der Waals surface area contributed by atoms with Crippen molar-refractivity contribution in [2.45, 2.75) is 6.92 Å². The van der Waals surface area contributed by atoms with Gasteiger partial charge in [0.1, 0.15) is 22.5 Å². The molecule has 0 bridgehead atoms. The lowest BCUT2D eigenvalue weighted by Gasteiger charge is -1.97. The average molecular weight is 226 g/mol. The Kier molecular flexibility index (Phi) is 2.40. The van der Waals surface area contributed by atoms with E-state index in [0.29, 0.717) is 10.8 Å². The van der Waals surface area contributed by atoms with Gasteiger partial charge >= 0.3 is 0 Å². The fraction of sp³-hybridized carbons (Fsp3) is 0.100. The van der Waals surface area contributed by atoms with Gasteiger partial charge < -0.3 is 5.73 Å². The first-order chi connectivity index (χ1) is 7.08. The van der Waals surface area contributed by atoms with Gasteiger partial charge in [-0.2, -0.15) is 0 Å². The number of nitrogens with zero attached hydrogens (tertiary/aromatic N) is 1. The summed E-state index contributed by atoms with van der Waals surface area (Å²) in [6.45, 7) is 1.80.